The highest BCUT2D eigenvalue weighted by Gasteiger charge is 2.28. The molecule has 2 aliphatic heterocycles. The standard InChI is InChI=1S/C20H29N5O3S2/c1-23-14-17(30(27,28)25-10-6-3-7-11-25)12-18(23)19(26)22-20-21-16(15-29-20)13-24-8-4-2-5-9-24/h12,14-15H,2-11,13H2,1H3,(H,21,22,26). The number of carbonyl (C=O) groups is 1. The second-order valence-corrected chi connectivity index (χ2v) is 10.9. The van der Waals surface area contributed by atoms with Crippen LogP contribution in [0.2, 0.25) is 0 Å². The van der Waals surface area contributed by atoms with Crippen molar-refractivity contribution in [3.8, 4) is 0 Å². The van der Waals surface area contributed by atoms with Crippen molar-refractivity contribution < 1.29 is 13.2 Å². The maximum Gasteiger partial charge on any atom is 0.274 e. The second kappa shape index (κ2) is 9.17. The Bertz CT molecular complexity index is 986. The van der Waals surface area contributed by atoms with Gasteiger partial charge in [0, 0.05) is 38.3 Å². The zero-order chi connectivity index (χ0) is 21.1. The summed E-state index contributed by atoms with van der Waals surface area (Å²) in [4.78, 5) is 19.9. The summed E-state index contributed by atoms with van der Waals surface area (Å²) < 4.78 is 28.9. The van der Waals surface area contributed by atoms with Gasteiger partial charge in [-0.05, 0) is 44.8 Å². The van der Waals surface area contributed by atoms with Crippen LogP contribution in [0, 0.1) is 0 Å². The molecule has 2 aliphatic rings. The average molecular weight is 452 g/mol. The zero-order valence-electron chi connectivity index (χ0n) is 17.3. The predicted octanol–water partition coefficient (Wildman–Crippen LogP) is 2.89. The van der Waals surface area contributed by atoms with E-state index in [2.05, 4.69) is 15.2 Å². The summed E-state index contributed by atoms with van der Waals surface area (Å²) in [5, 5.41) is 5.33. The fourth-order valence-electron chi connectivity index (χ4n) is 4.10. The van der Waals surface area contributed by atoms with Crippen molar-refractivity contribution >= 4 is 32.4 Å². The van der Waals surface area contributed by atoms with Gasteiger partial charge in [0.25, 0.3) is 5.91 Å². The molecule has 0 saturated carbocycles. The van der Waals surface area contributed by atoms with Crippen LogP contribution < -0.4 is 5.32 Å². The van der Waals surface area contributed by atoms with E-state index in [0.29, 0.717) is 23.9 Å². The molecule has 1 amide bonds. The number of amides is 1. The first-order chi connectivity index (χ1) is 14.4. The Hall–Kier alpha value is -1.75. The molecule has 2 aromatic heterocycles. The van der Waals surface area contributed by atoms with Gasteiger partial charge in [0.1, 0.15) is 10.6 Å². The highest BCUT2D eigenvalue weighted by atomic mass is 32.2. The SMILES string of the molecule is Cn1cc(S(=O)(=O)N2CCCCC2)cc1C(=O)Nc1nc(CN2CCCCC2)cs1. The highest BCUT2D eigenvalue weighted by molar-refractivity contribution is 7.89. The van der Waals surface area contributed by atoms with Gasteiger partial charge in [0.15, 0.2) is 5.13 Å². The fraction of sp³-hybridized carbons (Fsp3) is 0.600. The Balaban J connectivity index is 1.43. The summed E-state index contributed by atoms with van der Waals surface area (Å²) in [6.45, 7) is 4.07. The molecular formula is C20H29N5O3S2. The molecule has 2 aromatic rings. The number of likely N-dealkylation sites (tertiary alicyclic amines) is 1. The number of nitrogens with zero attached hydrogens (tertiary/aromatic N) is 4. The Kier molecular flexibility index (Phi) is 6.57. The van der Waals surface area contributed by atoms with Gasteiger partial charge in [0.2, 0.25) is 10.0 Å². The fourth-order valence-corrected chi connectivity index (χ4v) is 6.39. The van der Waals surface area contributed by atoms with Crippen LogP contribution in [0.1, 0.15) is 54.7 Å². The number of nitrogens with one attached hydrogen (secondary N) is 1. The molecular weight excluding hydrogens is 422 g/mol. The number of piperidine rings is 2. The quantitative estimate of drug-likeness (QED) is 0.730. The first-order valence-electron chi connectivity index (χ1n) is 10.6. The third-order valence-corrected chi connectivity index (χ3v) is 8.44. The van der Waals surface area contributed by atoms with E-state index in [9.17, 15) is 13.2 Å². The van der Waals surface area contributed by atoms with Crippen LogP contribution >= 0.6 is 11.3 Å². The number of anilines is 1. The number of carbonyl (C=O) groups excluding carboxylic acids is 1. The van der Waals surface area contributed by atoms with Crippen LogP contribution in [-0.2, 0) is 23.6 Å². The number of aromatic nitrogens is 2. The van der Waals surface area contributed by atoms with Gasteiger partial charge in [-0.2, -0.15) is 4.31 Å². The molecule has 0 aliphatic carbocycles. The number of thiazole rings is 1. The largest absolute Gasteiger partial charge is 0.345 e. The molecule has 4 heterocycles. The Labute approximate surface area is 181 Å². The van der Waals surface area contributed by atoms with E-state index in [4.69, 9.17) is 0 Å². The lowest BCUT2D eigenvalue weighted by molar-refractivity contribution is 0.101. The minimum absolute atomic E-state index is 0.168. The molecule has 0 radical (unpaired) electrons. The van der Waals surface area contributed by atoms with Gasteiger partial charge in [0.05, 0.1) is 5.69 Å². The predicted molar refractivity (Wildman–Crippen MR) is 117 cm³/mol. The van der Waals surface area contributed by atoms with Gasteiger partial charge in [-0.3, -0.25) is 15.0 Å². The molecule has 164 valence electrons. The van der Waals surface area contributed by atoms with Gasteiger partial charge in [-0.1, -0.05) is 12.8 Å². The molecule has 2 saturated heterocycles. The maximum absolute atomic E-state index is 12.9. The Morgan fingerprint density at radius 2 is 1.77 bits per heavy atom. The van der Waals surface area contributed by atoms with Crippen LogP contribution in [0.5, 0.6) is 0 Å². The van der Waals surface area contributed by atoms with E-state index >= 15 is 0 Å². The first-order valence-corrected chi connectivity index (χ1v) is 12.9. The van der Waals surface area contributed by atoms with E-state index in [1.807, 2.05) is 5.38 Å². The van der Waals surface area contributed by atoms with E-state index < -0.39 is 10.0 Å². The van der Waals surface area contributed by atoms with Crippen molar-refractivity contribution in [2.45, 2.75) is 50.0 Å². The molecule has 4 rings (SSSR count). The van der Waals surface area contributed by atoms with Crippen LogP contribution in [0.25, 0.3) is 0 Å². The number of hydrogen-bond acceptors (Lipinski definition) is 6. The molecule has 0 atom stereocenters. The second-order valence-electron chi connectivity index (χ2n) is 8.07. The number of aryl methyl sites for hydroxylation is 1. The molecule has 1 N–H and O–H groups in total. The topological polar surface area (TPSA) is 87.5 Å². The summed E-state index contributed by atoms with van der Waals surface area (Å²) in [6, 6.07) is 1.46. The summed E-state index contributed by atoms with van der Waals surface area (Å²) >= 11 is 1.40. The van der Waals surface area contributed by atoms with Crippen molar-refractivity contribution in [1.29, 1.82) is 0 Å². The monoisotopic (exact) mass is 451 g/mol. The molecule has 2 fully saturated rings. The Morgan fingerprint density at radius 1 is 1.10 bits per heavy atom. The number of sulfonamides is 1. The highest BCUT2D eigenvalue weighted by Crippen LogP contribution is 2.24. The van der Waals surface area contributed by atoms with Gasteiger partial charge < -0.3 is 4.57 Å². The molecule has 30 heavy (non-hydrogen) atoms. The summed E-state index contributed by atoms with van der Waals surface area (Å²) in [6.07, 6.45) is 8.08. The van der Waals surface area contributed by atoms with E-state index in [-0.39, 0.29) is 10.8 Å². The van der Waals surface area contributed by atoms with E-state index in [1.54, 1.807) is 11.6 Å². The summed E-state index contributed by atoms with van der Waals surface area (Å²) in [5.41, 5.74) is 1.26. The van der Waals surface area contributed by atoms with Crippen LogP contribution in [0.15, 0.2) is 22.5 Å². The number of hydrogen-bond donors (Lipinski definition) is 1. The third-order valence-electron chi connectivity index (χ3n) is 5.77. The zero-order valence-corrected chi connectivity index (χ0v) is 19.0. The molecule has 8 nitrogen and oxygen atoms in total. The molecule has 0 unspecified atom stereocenters. The normalized spacial score (nSPS) is 19.1. The van der Waals surface area contributed by atoms with Crippen LogP contribution in [0.3, 0.4) is 0 Å². The average Bonchev–Trinajstić information content (AvgIpc) is 3.36. The van der Waals surface area contributed by atoms with Crippen molar-refractivity contribution in [2.24, 2.45) is 7.05 Å². The minimum atomic E-state index is -3.57. The van der Waals surface area contributed by atoms with Gasteiger partial charge >= 0.3 is 0 Å². The van der Waals surface area contributed by atoms with Crippen molar-refractivity contribution in [3.63, 3.8) is 0 Å². The maximum atomic E-state index is 12.9. The first kappa shape index (κ1) is 21.5. The van der Waals surface area contributed by atoms with Crippen LogP contribution in [0.4, 0.5) is 5.13 Å². The van der Waals surface area contributed by atoms with Crippen molar-refractivity contribution in [1.82, 2.24) is 18.8 Å². The molecule has 0 bridgehead atoms. The molecule has 0 aromatic carbocycles. The molecule has 10 heteroatoms. The summed E-state index contributed by atoms with van der Waals surface area (Å²) in [5.74, 6) is -0.350. The van der Waals surface area contributed by atoms with Crippen molar-refractivity contribution in [3.05, 3.63) is 29.0 Å². The smallest absolute Gasteiger partial charge is 0.274 e. The third kappa shape index (κ3) is 4.77. The summed E-state index contributed by atoms with van der Waals surface area (Å²) in [7, 11) is -1.88. The van der Waals surface area contributed by atoms with Crippen molar-refractivity contribution in [2.75, 3.05) is 31.5 Å². The van der Waals surface area contributed by atoms with E-state index in [0.717, 1.165) is 44.6 Å². The minimum Gasteiger partial charge on any atom is -0.345 e. The lowest BCUT2D eigenvalue weighted by Gasteiger charge is -2.25. The number of rotatable bonds is 6. The Morgan fingerprint density at radius 3 is 2.47 bits per heavy atom. The lowest BCUT2D eigenvalue weighted by Crippen LogP contribution is -2.35. The van der Waals surface area contributed by atoms with E-state index in [1.165, 1.54) is 47.2 Å². The molecule has 0 spiro atoms. The van der Waals surface area contributed by atoms with Gasteiger partial charge in [-0.25, -0.2) is 13.4 Å². The van der Waals surface area contributed by atoms with Crippen LogP contribution in [-0.4, -0.2) is 59.3 Å². The van der Waals surface area contributed by atoms with Gasteiger partial charge in [-0.15, -0.1) is 11.3 Å². The lowest BCUT2D eigenvalue weighted by atomic mass is 10.1.